The van der Waals surface area contributed by atoms with Crippen LogP contribution in [-0.2, 0) is 0 Å². The van der Waals surface area contributed by atoms with Crippen LogP contribution in [0, 0.1) is 116 Å². The monoisotopic (exact) mass is 1030 g/mol. The van der Waals surface area contributed by atoms with Crippen LogP contribution in [0.1, 0.15) is 23.6 Å². The first-order chi connectivity index (χ1) is 31.9. The van der Waals surface area contributed by atoms with Crippen molar-refractivity contribution in [3.8, 4) is 0 Å². The highest BCUT2D eigenvalue weighted by Gasteiger charge is 2.53. The minimum atomic E-state index is -7.17. The fraction of sp³-hybridized carbons (Fsp3) is 0.0444. The van der Waals surface area contributed by atoms with Crippen LogP contribution >= 0.6 is 22.2 Å². The van der Waals surface area contributed by atoms with E-state index in [1.807, 2.05) is 0 Å². The Labute approximate surface area is 381 Å². The van der Waals surface area contributed by atoms with E-state index in [0.717, 1.165) is 6.92 Å². The van der Waals surface area contributed by atoms with E-state index in [1.54, 1.807) is 0 Å². The van der Waals surface area contributed by atoms with Gasteiger partial charge in [-0.15, -0.1) is 44.0 Å². The summed E-state index contributed by atoms with van der Waals surface area (Å²) in [6.07, 6.45) is -7.17. The molecule has 0 N–H and O–H groups in total. The molecule has 0 unspecified atom stereocenters. The number of rotatable bonds is 9. The van der Waals surface area contributed by atoms with Crippen LogP contribution in [0.2, 0.25) is 6.04 Å². The van der Waals surface area contributed by atoms with Crippen molar-refractivity contribution in [1.82, 2.24) is 0 Å². The Balaban J connectivity index is 0.000000330. The lowest BCUT2D eigenvalue weighted by molar-refractivity contribution is 0.379. The van der Waals surface area contributed by atoms with Gasteiger partial charge in [-0.1, -0.05) is 25.1 Å². The zero-order chi connectivity index (χ0) is 50.5. The molecular weight excluding hydrogens is 1010 g/mol. The van der Waals surface area contributed by atoms with Gasteiger partial charge in [0.2, 0.25) is 0 Å². The molecule has 0 heterocycles. The van der Waals surface area contributed by atoms with Gasteiger partial charge in [-0.25, -0.2) is 83.4 Å². The predicted octanol–water partition coefficient (Wildman–Crippen LogP) is 11.6. The summed E-state index contributed by atoms with van der Waals surface area (Å²) in [6, 6.07) is 30.8. The number of benzene rings is 7. The second kappa shape index (κ2) is 19.5. The molecule has 0 amide bonds. The zero-order valence-electron chi connectivity index (χ0n) is 33.4. The van der Waals surface area contributed by atoms with Gasteiger partial charge < -0.3 is 0 Å². The van der Waals surface area contributed by atoms with E-state index < -0.39 is 156 Å². The van der Waals surface area contributed by atoms with Crippen LogP contribution in [0.25, 0.3) is 0 Å². The predicted molar refractivity (Wildman–Crippen MR) is 217 cm³/mol. The quantitative estimate of drug-likeness (QED) is 0.0257. The van der Waals surface area contributed by atoms with Crippen molar-refractivity contribution in [2.75, 3.05) is 0 Å². The third-order valence-corrected chi connectivity index (χ3v) is 15.6. The van der Waals surface area contributed by atoms with Gasteiger partial charge in [-0.2, -0.15) is 0 Å². The summed E-state index contributed by atoms with van der Waals surface area (Å²) in [5, 5.41) is -2.06. The Kier molecular flexibility index (Phi) is 14.7. The molecule has 0 radical (unpaired) electrons. The molecule has 7 aromatic rings. The van der Waals surface area contributed by atoms with E-state index in [2.05, 4.69) is 91.0 Å². The maximum absolute atomic E-state index is 16.2. The lowest BCUT2D eigenvalue weighted by Crippen LogP contribution is -2.81. The molecule has 0 atom stereocenters. The molecule has 0 aliphatic rings. The first kappa shape index (κ1) is 51.3. The van der Waals surface area contributed by atoms with Gasteiger partial charge >= 0.3 is 0 Å². The van der Waals surface area contributed by atoms with Crippen LogP contribution in [-0.4, -0.2) is 12.8 Å². The van der Waals surface area contributed by atoms with Crippen molar-refractivity contribution in [3.05, 3.63) is 224 Å². The van der Waals surface area contributed by atoms with Gasteiger partial charge in [0.15, 0.2) is 64.0 Å². The number of halogens is 21. The smallest absolute Gasteiger partial charge is 0.207 e. The highest BCUT2D eigenvalue weighted by Crippen LogP contribution is 2.33. The van der Waals surface area contributed by atoms with Crippen molar-refractivity contribution in [2.45, 2.75) is 13.0 Å². The molecule has 7 rings (SSSR count). The topological polar surface area (TPSA) is 0 Å². The van der Waals surface area contributed by atoms with Crippen molar-refractivity contribution >= 4 is 62.0 Å². The molecule has 0 saturated heterocycles. The highest BCUT2D eigenvalue weighted by molar-refractivity contribution is 7.51. The largest absolute Gasteiger partial charge is 0.286 e. The van der Waals surface area contributed by atoms with Crippen LogP contribution in [0.5, 0.6) is 0 Å². The van der Waals surface area contributed by atoms with Gasteiger partial charge in [0, 0.05) is 5.19 Å². The SMILES string of the molecule is CC[Si](Cl)(Cl)c1c(F)c(F)c([B-](c2c(F)c(F)c(F)c(F)c2F)(c2c(F)c(F)c(F)c(F)c2F)c2c(F)c(F)c(F)c(F)c2F)c(F)c1F.c1ccc([C+](c2ccccc2)c2ccccc2)cc1. The first-order valence-corrected chi connectivity index (χ1v) is 23.1. The van der Waals surface area contributed by atoms with Crippen LogP contribution in [0.4, 0.5) is 83.4 Å². The Hall–Kier alpha value is -6.06. The minimum Gasteiger partial charge on any atom is -0.207 e. The normalized spacial score (nSPS) is 11.7. The van der Waals surface area contributed by atoms with E-state index >= 15 is 43.9 Å². The van der Waals surface area contributed by atoms with Gasteiger partial charge in [0.25, 0.3) is 6.69 Å². The Morgan fingerprint density at radius 1 is 0.324 bits per heavy atom. The summed E-state index contributed by atoms with van der Waals surface area (Å²) >= 11 is 11.5. The zero-order valence-corrected chi connectivity index (χ0v) is 35.9. The van der Waals surface area contributed by atoms with Crippen LogP contribution in [0.15, 0.2) is 91.0 Å². The van der Waals surface area contributed by atoms with E-state index in [-0.39, 0.29) is 0 Å². The molecular formula is C45H20BCl2F19Si. The van der Waals surface area contributed by atoms with Gasteiger partial charge in [0.05, 0.1) is 22.6 Å². The summed E-state index contributed by atoms with van der Waals surface area (Å²) in [5.74, 6) is -64.6. The van der Waals surface area contributed by atoms with Crippen molar-refractivity contribution < 1.29 is 83.4 Å². The van der Waals surface area contributed by atoms with Gasteiger partial charge in [-0.3, -0.25) is 0 Å². The Bertz CT molecular complexity index is 2710. The number of hydrogen-bond donors (Lipinski definition) is 0. The van der Waals surface area contributed by atoms with E-state index in [9.17, 15) is 39.5 Å². The molecule has 0 fully saturated rings. The van der Waals surface area contributed by atoms with Crippen LogP contribution < -0.4 is 27.0 Å². The molecule has 0 bridgehead atoms. The first-order valence-electron chi connectivity index (χ1n) is 18.9. The standard InChI is InChI=1S/C26H5BCl2F19Si.C19H15/c1-2-49(28,29)26-24(47)13(36)6(14(37)25(26)48)27(3-7(30)15(38)21(44)16(39)8(3)31,4-9(32)17(40)22(45)18(41)10(4)33)5-11(34)19(42)23(46)20(43)12(5)35;1-4-10-16(11-5-1)19(17-12-6-2-7-13-17)18-14-8-3-9-15-18/h2H2,1H3;1-15H/q-1;+1. The molecule has 0 nitrogen and oxygen atoms in total. The van der Waals surface area contributed by atoms with Crippen molar-refractivity contribution in [3.63, 3.8) is 0 Å². The molecule has 0 saturated carbocycles. The molecule has 23 heteroatoms. The second-order valence-electron chi connectivity index (χ2n) is 14.4. The maximum atomic E-state index is 16.2. The fourth-order valence-electron chi connectivity index (χ4n) is 7.71. The summed E-state index contributed by atoms with van der Waals surface area (Å²) in [5.41, 5.74) is -10.2. The molecule has 0 aliphatic carbocycles. The van der Waals surface area contributed by atoms with E-state index in [4.69, 9.17) is 22.2 Å². The van der Waals surface area contributed by atoms with E-state index in [0.29, 0.717) is 0 Å². The van der Waals surface area contributed by atoms with Gasteiger partial charge in [0.1, 0.15) is 52.7 Å². The molecule has 0 aromatic heterocycles. The Morgan fingerprint density at radius 3 is 0.721 bits per heavy atom. The summed E-state index contributed by atoms with van der Waals surface area (Å²) in [4.78, 5) is 0. The third-order valence-electron chi connectivity index (χ3n) is 10.8. The van der Waals surface area contributed by atoms with Crippen molar-refractivity contribution in [1.29, 1.82) is 0 Å². The highest BCUT2D eigenvalue weighted by atomic mass is 35.7. The molecule has 68 heavy (non-hydrogen) atoms. The van der Waals surface area contributed by atoms with Crippen molar-refractivity contribution in [2.24, 2.45) is 0 Å². The maximum Gasteiger partial charge on any atom is 0.286 e. The average Bonchev–Trinajstić information content (AvgIpc) is 3.33. The molecule has 354 valence electrons. The minimum absolute atomic E-state index is 0.814. The van der Waals surface area contributed by atoms with E-state index in [1.165, 1.54) is 22.6 Å². The second-order valence-corrected chi connectivity index (χ2v) is 21.5. The summed E-state index contributed by atoms with van der Waals surface area (Å²) in [7, 11) is 0. The molecule has 7 aromatic carbocycles. The third kappa shape index (κ3) is 8.24. The summed E-state index contributed by atoms with van der Waals surface area (Å²) in [6.45, 7) is -3.98. The lowest BCUT2D eigenvalue weighted by Gasteiger charge is -2.45. The molecule has 0 aliphatic heterocycles. The average molecular weight is 1030 g/mol. The lowest BCUT2D eigenvalue weighted by atomic mass is 9.12. The molecule has 0 spiro atoms. The summed E-state index contributed by atoms with van der Waals surface area (Å²) < 4.78 is 288. The Morgan fingerprint density at radius 2 is 0.515 bits per heavy atom. The van der Waals surface area contributed by atoms with Crippen LogP contribution in [0.3, 0.4) is 0 Å². The fourth-order valence-corrected chi connectivity index (χ4v) is 9.92. The van der Waals surface area contributed by atoms with Gasteiger partial charge in [-0.05, 0) is 78.8 Å². The number of hydrogen-bond acceptors (Lipinski definition) is 0.